The summed E-state index contributed by atoms with van der Waals surface area (Å²) in [6, 6.07) is 3.59. The van der Waals surface area contributed by atoms with E-state index >= 15 is 0 Å². The van der Waals surface area contributed by atoms with Crippen LogP contribution in [-0.2, 0) is 16.4 Å². The van der Waals surface area contributed by atoms with Gasteiger partial charge in [-0.25, -0.2) is 12.8 Å². The van der Waals surface area contributed by atoms with E-state index in [2.05, 4.69) is 14.9 Å². The van der Waals surface area contributed by atoms with Gasteiger partial charge in [-0.15, -0.1) is 0 Å². The number of hydrogen-bond donors (Lipinski definition) is 2. The normalized spacial score (nSPS) is 11.3. The number of halogens is 1. The van der Waals surface area contributed by atoms with Gasteiger partial charge in [-0.2, -0.15) is 5.10 Å². The van der Waals surface area contributed by atoms with E-state index in [0.29, 0.717) is 0 Å². The van der Waals surface area contributed by atoms with Crippen molar-refractivity contribution in [3.05, 3.63) is 29.7 Å². The molecular formula is C14H18FN3O4S. The number of nitrogens with zero attached hydrogens (tertiary/aromatic N) is 1. The molecule has 0 aliphatic rings. The van der Waals surface area contributed by atoms with E-state index in [1.54, 1.807) is 6.07 Å². The van der Waals surface area contributed by atoms with Crippen molar-refractivity contribution < 1.29 is 22.3 Å². The summed E-state index contributed by atoms with van der Waals surface area (Å²) in [4.78, 5) is -0.546. The van der Waals surface area contributed by atoms with Gasteiger partial charge >= 0.3 is 0 Å². The monoisotopic (exact) mass is 343 g/mol. The Morgan fingerprint density at radius 3 is 2.48 bits per heavy atom. The number of benzene rings is 1. The molecule has 1 aromatic carbocycles. The second-order valence-corrected chi connectivity index (χ2v) is 6.42. The SMILES string of the molecule is CCCc1cc(NS(=O)(=O)c2cc(OC)c(OC)cc2F)n[nH]1. The smallest absolute Gasteiger partial charge is 0.266 e. The van der Waals surface area contributed by atoms with Gasteiger partial charge in [0.1, 0.15) is 10.7 Å². The van der Waals surface area contributed by atoms with E-state index in [-0.39, 0.29) is 17.3 Å². The number of hydrogen-bond acceptors (Lipinski definition) is 5. The standard InChI is InChI=1S/C14H18FN3O4S/c1-4-5-9-6-14(17-16-9)18-23(19,20)13-8-12(22-3)11(21-2)7-10(13)15/h6-8H,4-5H2,1-3H3,(H2,16,17,18). The van der Waals surface area contributed by atoms with Crippen LogP contribution in [0.25, 0.3) is 0 Å². The Kier molecular flexibility index (Phi) is 5.09. The predicted octanol–water partition coefficient (Wildman–Crippen LogP) is 2.32. The molecule has 0 spiro atoms. The number of aryl methyl sites for hydroxylation is 1. The van der Waals surface area contributed by atoms with Crippen LogP contribution in [0.5, 0.6) is 11.5 Å². The van der Waals surface area contributed by atoms with Gasteiger partial charge in [0.2, 0.25) is 0 Å². The van der Waals surface area contributed by atoms with E-state index < -0.39 is 20.7 Å². The Morgan fingerprint density at radius 1 is 1.22 bits per heavy atom. The van der Waals surface area contributed by atoms with Gasteiger partial charge in [0.15, 0.2) is 17.3 Å². The summed E-state index contributed by atoms with van der Waals surface area (Å²) < 4.78 is 51.0. The zero-order chi connectivity index (χ0) is 17.0. The minimum absolute atomic E-state index is 0.0997. The summed E-state index contributed by atoms with van der Waals surface area (Å²) >= 11 is 0. The Morgan fingerprint density at radius 2 is 1.87 bits per heavy atom. The number of rotatable bonds is 7. The van der Waals surface area contributed by atoms with E-state index in [0.717, 1.165) is 30.7 Å². The average Bonchev–Trinajstić information content (AvgIpc) is 2.93. The molecule has 0 saturated heterocycles. The van der Waals surface area contributed by atoms with Crippen molar-refractivity contribution in [1.82, 2.24) is 10.2 Å². The first-order valence-electron chi connectivity index (χ1n) is 6.90. The summed E-state index contributed by atoms with van der Waals surface area (Å²) in [5.74, 6) is -0.626. The molecule has 0 bridgehead atoms. The molecule has 7 nitrogen and oxygen atoms in total. The average molecular weight is 343 g/mol. The van der Waals surface area contributed by atoms with Crippen LogP contribution in [0.15, 0.2) is 23.1 Å². The number of aromatic amines is 1. The fraction of sp³-hybridized carbons (Fsp3) is 0.357. The first-order chi connectivity index (χ1) is 10.9. The van der Waals surface area contributed by atoms with Gasteiger partial charge in [0.25, 0.3) is 10.0 Å². The third-order valence-corrected chi connectivity index (χ3v) is 4.49. The number of anilines is 1. The summed E-state index contributed by atoms with van der Waals surface area (Å²) in [5.41, 5.74) is 0.790. The maximum absolute atomic E-state index is 14.1. The zero-order valence-corrected chi connectivity index (χ0v) is 13.8. The predicted molar refractivity (Wildman–Crippen MR) is 82.9 cm³/mol. The van der Waals surface area contributed by atoms with Crippen molar-refractivity contribution in [2.75, 3.05) is 18.9 Å². The number of sulfonamides is 1. The Balaban J connectivity index is 2.35. The highest BCUT2D eigenvalue weighted by Crippen LogP contribution is 2.32. The van der Waals surface area contributed by atoms with Crippen LogP contribution in [0, 0.1) is 5.82 Å². The molecule has 2 N–H and O–H groups in total. The number of methoxy groups -OCH3 is 2. The molecule has 0 unspecified atom stereocenters. The lowest BCUT2D eigenvalue weighted by Gasteiger charge is -2.11. The van der Waals surface area contributed by atoms with Gasteiger partial charge in [-0.3, -0.25) is 9.82 Å². The van der Waals surface area contributed by atoms with E-state index in [1.165, 1.54) is 14.2 Å². The van der Waals surface area contributed by atoms with Gasteiger partial charge in [-0.05, 0) is 6.42 Å². The maximum Gasteiger partial charge on any atom is 0.266 e. The molecule has 0 radical (unpaired) electrons. The molecule has 9 heteroatoms. The van der Waals surface area contributed by atoms with E-state index in [9.17, 15) is 12.8 Å². The van der Waals surface area contributed by atoms with Gasteiger partial charge in [0.05, 0.1) is 14.2 Å². The van der Waals surface area contributed by atoms with Crippen molar-refractivity contribution in [3.63, 3.8) is 0 Å². The van der Waals surface area contributed by atoms with Crippen LogP contribution in [0.1, 0.15) is 19.0 Å². The number of nitrogens with one attached hydrogen (secondary N) is 2. The molecule has 2 aromatic rings. The first-order valence-corrected chi connectivity index (χ1v) is 8.38. The summed E-state index contributed by atoms with van der Waals surface area (Å²) in [6.07, 6.45) is 1.62. The Labute approximate surface area is 133 Å². The zero-order valence-electron chi connectivity index (χ0n) is 13.0. The highest BCUT2D eigenvalue weighted by Gasteiger charge is 2.23. The molecule has 0 amide bonds. The molecule has 2 rings (SSSR count). The molecule has 23 heavy (non-hydrogen) atoms. The first kappa shape index (κ1) is 17.1. The van der Waals surface area contributed by atoms with Crippen LogP contribution >= 0.6 is 0 Å². The van der Waals surface area contributed by atoms with Crippen LogP contribution in [0.2, 0.25) is 0 Å². The lowest BCUT2D eigenvalue weighted by Crippen LogP contribution is -2.15. The van der Waals surface area contributed by atoms with E-state index in [1.807, 2.05) is 6.92 Å². The number of aromatic nitrogens is 2. The van der Waals surface area contributed by atoms with Gasteiger partial charge < -0.3 is 9.47 Å². The lowest BCUT2D eigenvalue weighted by atomic mass is 10.2. The van der Waals surface area contributed by atoms with Crippen molar-refractivity contribution in [1.29, 1.82) is 0 Å². The topological polar surface area (TPSA) is 93.3 Å². The highest BCUT2D eigenvalue weighted by atomic mass is 32.2. The molecular weight excluding hydrogens is 325 g/mol. The molecule has 0 fully saturated rings. The molecule has 1 aromatic heterocycles. The molecule has 0 saturated carbocycles. The second-order valence-electron chi connectivity index (χ2n) is 4.77. The van der Waals surface area contributed by atoms with Crippen molar-refractivity contribution >= 4 is 15.8 Å². The quantitative estimate of drug-likeness (QED) is 0.805. The maximum atomic E-state index is 14.1. The minimum atomic E-state index is -4.15. The third kappa shape index (κ3) is 3.73. The number of ether oxygens (including phenoxy) is 2. The molecule has 0 atom stereocenters. The van der Waals surface area contributed by atoms with Gasteiger partial charge in [-0.1, -0.05) is 13.3 Å². The summed E-state index contributed by atoms with van der Waals surface area (Å²) in [6.45, 7) is 1.99. The minimum Gasteiger partial charge on any atom is -0.493 e. The van der Waals surface area contributed by atoms with Crippen LogP contribution < -0.4 is 14.2 Å². The number of H-pyrrole nitrogens is 1. The highest BCUT2D eigenvalue weighted by molar-refractivity contribution is 7.92. The Hall–Kier alpha value is -2.29. The fourth-order valence-corrected chi connectivity index (χ4v) is 3.11. The van der Waals surface area contributed by atoms with Crippen molar-refractivity contribution in [2.24, 2.45) is 0 Å². The molecule has 126 valence electrons. The van der Waals surface area contributed by atoms with Crippen LogP contribution in [-0.4, -0.2) is 32.8 Å². The second kappa shape index (κ2) is 6.86. The lowest BCUT2D eigenvalue weighted by molar-refractivity contribution is 0.350. The van der Waals surface area contributed by atoms with Gasteiger partial charge in [0, 0.05) is 23.9 Å². The summed E-state index contributed by atoms with van der Waals surface area (Å²) in [5, 5.41) is 6.58. The molecule has 1 heterocycles. The Bertz CT molecular complexity index is 789. The van der Waals surface area contributed by atoms with Crippen LogP contribution in [0.4, 0.5) is 10.2 Å². The fourth-order valence-electron chi connectivity index (χ4n) is 2.05. The third-order valence-electron chi connectivity index (χ3n) is 3.12. The largest absolute Gasteiger partial charge is 0.493 e. The van der Waals surface area contributed by atoms with Crippen molar-refractivity contribution in [2.45, 2.75) is 24.7 Å². The molecule has 0 aliphatic carbocycles. The molecule has 0 aliphatic heterocycles. The van der Waals surface area contributed by atoms with Crippen LogP contribution in [0.3, 0.4) is 0 Å². The van der Waals surface area contributed by atoms with Crippen molar-refractivity contribution in [3.8, 4) is 11.5 Å². The summed E-state index contributed by atoms with van der Waals surface area (Å²) in [7, 11) is -1.47. The van der Waals surface area contributed by atoms with E-state index in [4.69, 9.17) is 9.47 Å².